The molecule has 1 N–H and O–H groups in total. The fraction of sp³-hybridized carbons (Fsp3) is 0.348. The number of hydrogen-bond donors (Lipinski definition) is 1. The van der Waals surface area contributed by atoms with Crippen molar-refractivity contribution in [1.29, 1.82) is 0 Å². The van der Waals surface area contributed by atoms with Gasteiger partial charge in [0.25, 0.3) is 5.91 Å². The molecule has 1 amide bonds. The predicted molar refractivity (Wildman–Crippen MR) is 121 cm³/mol. The summed E-state index contributed by atoms with van der Waals surface area (Å²) in [6.45, 7) is 5.51. The van der Waals surface area contributed by atoms with E-state index in [1.807, 2.05) is 24.0 Å². The summed E-state index contributed by atoms with van der Waals surface area (Å²) in [6, 6.07) is 10.3. The van der Waals surface area contributed by atoms with Gasteiger partial charge in [-0.1, -0.05) is 6.92 Å². The molecule has 2 aromatic heterocycles. The van der Waals surface area contributed by atoms with Crippen LogP contribution >= 0.6 is 0 Å². The maximum absolute atomic E-state index is 13.4. The Morgan fingerprint density at radius 1 is 1.16 bits per heavy atom. The number of benzene rings is 1. The van der Waals surface area contributed by atoms with Crippen LogP contribution in [0.4, 0.5) is 11.4 Å². The highest BCUT2D eigenvalue weighted by Gasteiger charge is 2.25. The summed E-state index contributed by atoms with van der Waals surface area (Å²) in [5.41, 5.74) is 3.19. The summed E-state index contributed by atoms with van der Waals surface area (Å²) in [4.78, 5) is 24.5. The third-order valence-electron chi connectivity index (χ3n) is 5.60. The first-order chi connectivity index (χ1) is 14.7. The van der Waals surface area contributed by atoms with Crippen molar-refractivity contribution >= 4 is 38.2 Å². The quantitative estimate of drug-likeness (QED) is 0.663. The van der Waals surface area contributed by atoms with Gasteiger partial charge in [0.1, 0.15) is 0 Å². The first kappa shape index (κ1) is 21.2. The number of carbonyl (C=O) groups excluding carboxylic acids is 1. The topological polar surface area (TPSA) is 92.3 Å². The van der Waals surface area contributed by atoms with Crippen molar-refractivity contribution in [2.45, 2.75) is 31.6 Å². The molecule has 3 aromatic rings. The Balaban J connectivity index is 1.77. The van der Waals surface area contributed by atoms with Crippen LogP contribution in [0.1, 0.15) is 35.8 Å². The largest absolute Gasteiger partial charge is 0.354 e. The molecule has 4 rings (SSSR count). The highest BCUT2D eigenvalue weighted by atomic mass is 32.2. The molecule has 0 unspecified atom stereocenters. The molecule has 7 nitrogen and oxygen atoms in total. The molecule has 162 valence electrons. The number of aromatic nitrogens is 2. The Bertz CT molecular complexity index is 1240. The fourth-order valence-electron chi connectivity index (χ4n) is 3.94. The monoisotopic (exact) mass is 438 g/mol. The standard InChI is InChI=1S/C23H26N4O3S/c1-15-5-4-12-27(14-15)23(28)20-13-24-22-19(11-6-16(2)25-22)21(20)26-17-7-9-18(10-8-17)31(3,29)30/h6-11,13,15H,4-5,12,14H2,1-3H3,(H,24,25,26)/t15-/m0/s1. The minimum Gasteiger partial charge on any atom is -0.354 e. The molecule has 0 aliphatic carbocycles. The summed E-state index contributed by atoms with van der Waals surface area (Å²) in [5.74, 6) is 0.409. The molecule has 8 heteroatoms. The highest BCUT2D eigenvalue weighted by molar-refractivity contribution is 7.90. The Morgan fingerprint density at radius 3 is 2.58 bits per heavy atom. The smallest absolute Gasteiger partial charge is 0.257 e. The number of piperidine rings is 1. The van der Waals surface area contributed by atoms with Crippen LogP contribution in [0, 0.1) is 12.8 Å². The lowest BCUT2D eigenvalue weighted by atomic mass is 9.99. The number of nitrogens with zero attached hydrogens (tertiary/aromatic N) is 3. The Labute approximate surface area is 182 Å². The number of likely N-dealkylation sites (tertiary alicyclic amines) is 1. The zero-order chi connectivity index (χ0) is 22.2. The van der Waals surface area contributed by atoms with Crippen LogP contribution in [-0.2, 0) is 9.84 Å². The first-order valence-electron chi connectivity index (χ1n) is 10.3. The van der Waals surface area contributed by atoms with Crippen molar-refractivity contribution in [3.8, 4) is 0 Å². The van der Waals surface area contributed by atoms with Crippen LogP contribution in [0.25, 0.3) is 11.0 Å². The second-order valence-corrected chi connectivity index (χ2v) is 10.3. The molecule has 1 aromatic carbocycles. The number of sulfone groups is 1. The molecule has 1 aliphatic rings. The highest BCUT2D eigenvalue weighted by Crippen LogP contribution is 2.31. The van der Waals surface area contributed by atoms with E-state index >= 15 is 0 Å². The number of rotatable bonds is 4. The minimum absolute atomic E-state index is 0.0585. The number of aryl methyl sites for hydroxylation is 1. The molecule has 0 radical (unpaired) electrons. The third kappa shape index (κ3) is 4.54. The van der Waals surface area contributed by atoms with Crippen molar-refractivity contribution < 1.29 is 13.2 Å². The van der Waals surface area contributed by atoms with E-state index in [2.05, 4.69) is 22.2 Å². The van der Waals surface area contributed by atoms with Crippen LogP contribution in [0.2, 0.25) is 0 Å². The van der Waals surface area contributed by atoms with E-state index in [1.54, 1.807) is 30.5 Å². The lowest BCUT2D eigenvalue weighted by Crippen LogP contribution is -2.39. The van der Waals surface area contributed by atoms with Gasteiger partial charge in [0.2, 0.25) is 0 Å². The normalized spacial score (nSPS) is 17.0. The average molecular weight is 439 g/mol. The van der Waals surface area contributed by atoms with E-state index in [0.717, 1.165) is 37.0 Å². The lowest BCUT2D eigenvalue weighted by Gasteiger charge is -2.31. The molecule has 1 aliphatic heterocycles. The number of anilines is 2. The Morgan fingerprint density at radius 2 is 1.90 bits per heavy atom. The van der Waals surface area contributed by atoms with Gasteiger partial charge in [-0.05, 0) is 62.1 Å². The van der Waals surface area contributed by atoms with Gasteiger partial charge in [-0.25, -0.2) is 18.4 Å². The van der Waals surface area contributed by atoms with Gasteiger partial charge in [-0.15, -0.1) is 0 Å². The molecule has 0 saturated carbocycles. The van der Waals surface area contributed by atoms with Crippen LogP contribution in [0.15, 0.2) is 47.5 Å². The second-order valence-electron chi connectivity index (χ2n) is 8.29. The van der Waals surface area contributed by atoms with Crippen LogP contribution < -0.4 is 5.32 Å². The third-order valence-corrected chi connectivity index (χ3v) is 6.72. The van der Waals surface area contributed by atoms with Crippen LogP contribution in [0.5, 0.6) is 0 Å². The first-order valence-corrected chi connectivity index (χ1v) is 12.2. The second kappa shape index (κ2) is 8.26. The SMILES string of the molecule is Cc1ccc2c(Nc3ccc(S(C)(=O)=O)cc3)c(C(=O)N3CCC[C@H](C)C3)cnc2n1. The van der Waals surface area contributed by atoms with Gasteiger partial charge in [0, 0.05) is 42.3 Å². The molecule has 31 heavy (non-hydrogen) atoms. The molecule has 0 spiro atoms. The van der Waals surface area contributed by atoms with E-state index < -0.39 is 9.84 Å². The van der Waals surface area contributed by atoms with Crippen molar-refractivity contribution in [3.05, 3.63) is 53.9 Å². The summed E-state index contributed by atoms with van der Waals surface area (Å²) >= 11 is 0. The van der Waals surface area contributed by atoms with Crippen LogP contribution in [-0.4, -0.2) is 48.5 Å². The van der Waals surface area contributed by atoms with Crippen molar-refractivity contribution in [3.63, 3.8) is 0 Å². The summed E-state index contributed by atoms with van der Waals surface area (Å²) in [5, 5.41) is 4.07. The maximum Gasteiger partial charge on any atom is 0.257 e. The number of amides is 1. The van der Waals surface area contributed by atoms with E-state index in [4.69, 9.17) is 0 Å². The number of hydrogen-bond acceptors (Lipinski definition) is 6. The average Bonchev–Trinajstić information content (AvgIpc) is 2.73. The fourth-order valence-corrected chi connectivity index (χ4v) is 4.57. The summed E-state index contributed by atoms with van der Waals surface area (Å²) in [6.07, 6.45) is 4.88. The number of carbonyl (C=O) groups is 1. The molecule has 1 atom stereocenters. The Kier molecular flexibility index (Phi) is 5.66. The van der Waals surface area contributed by atoms with Gasteiger partial charge < -0.3 is 10.2 Å². The number of fused-ring (bicyclic) bond motifs is 1. The van der Waals surface area contributed by atoms with Gasteiger partial charge in [-0.3, -0.25) is 4.79 Å². The molecular weight excluding hydrogens is 412 g/mol. The molecular formula is C23H26N4O3S. The maximum atomic E-state index is 13.4. The number of pyridine rings is 2. The van der Waals surface area contributed by atoms with Crippen molar-refractivity contribution in [2.75, 3.05) is 24.7 Å². The molecule has 0 bridgehead atoms. The molecule has 1 saturated heterocycles. The van der Waals surface area contributed by atoms with E-state index in [-0.39, 0.29) is 10.8 Å². The van der Waals surface area contributed by atoms with Crippen molar-refractivity contribution in [1.82, 2.24) is 14.9 Å². The molecule has 1 fully saturated rings. The van der Waals surface area contributed by atoms with E-state index in [1.165, 1.54) is 6.26 Å². The van der Waals surface area contributed by atoms with Crippen LogP contribution in [0.3, 0.4) is 0 Å². The molecule has 3 heterocycles. The minimum atomic E-state index is -3.28. The van der Waals surface area contributed by atoms with Crippen molar-refractivity contribution in [2.24, 2.45) is 5.92 Å². The van der Waals surface area contributed by atoms with Gasteiger partial charge in [0.05, 0.1) is 16.1 Å². The number of nitrogens with one attached hydrogen (secondary N) is 1. The summed E-state index contributed by atoms with van der Waals surface area (Å²) in [7, 11) is -3.28. The van der Waals surface area contributed by atoms with Gasteiger partial charge in [-0.2, -0.15) is 0 Å². The van der Waals surface area contributed by atoms with Gasteiger partial charge in [0.15, 0.2) is 15.5 Å². The Hall–Kier alpha value is -3.00. The lowest BCUT2D eigenvalue weighted by molar-refractivity contribution is 0.0684. The van der Waals surface area contributed by atoms with E-state index in [0.29, 0.717) is 28.5 Å². The zero-order valence-electron chi connectivity index (χ0n) is 17.9. The predicted octanol–water partition coefficient (Wildman–Crippen LogP) is 3.96. The zero-order valence-corrected chi connectivity index (χ0v) is 18.7. The van der Waals surface area contributed by atoms with Gasteiger partial charge >= 0.3 is 0 Å². The van der Waals surface area contributed by atoms with E-state index in [9.17, 15) is 13.2 Å². The summed E-state index contributed by atoms with van der Waals surface area (Å²) < 4.78 is 23.5.